The largest absolute Gasteiger partial charge is 0.380 e. The average molecular weight is 143 g/mol. The van der Waals surface area contributed by atoms with Gasteiger partial charge in [-0.3, -0.25) is 0 Å². The van der Waals surface area contributed by atoms with Gasteiger partial charge in [-0.25, -0.2) is 0 Å². The summed E-state index contributed by atoms with van der Waals surface area (Å²) in [7, 11) is 0. The lowest BCUT2D eigenvalue weighted by molar-refractivity contribution is -0.141. The summed E-state index contributed by atoms with van der Waals surface area (Å²) < 4.78 is 5.20. The molecule has 1 heterocycles. The van der Waals surface area contributed by atoms with Crippen LogP contribution in [0, 0.1) is 11.3 Å². The summed E-state index contributed by atoms with van der Waals surface area (Å²) in [5.41, 5.74) is 5.93. The Morgan fingerprint density at radius 3 is 2.20 bits per heavy atom. The van der Waals surface area contributed by atoms with Gasteiger partial charge < -0.3 is 10.5 Å². The smallest absolute Gasteiger partial charge is 0.0547 e. The molecule has 1 aliphatic rings. The zero-order valence-corrected chi connectivity index (χ0v) is 6.89. The van der Waals surface area contributed by atoms with E-state index in [9.17, 15) is 0 Å². The molecule has 2 heteroatoms. The van der Waals surface area contributed by atoms with E-state index in [1.807, 2.05) is 0 Å². The molecule has 0 bridgehead atoms. The Kier molecular flexibility index (Phi) is 2.32. The van der Waals surface area contributed by atoms with Gasteiger partial charge in [0.25, 0.3) is 0 Å². The topological polar surface area (TPSA) is 35.2 Å². The molecule has 1 rings (SSSR count). The van der Waals surface area contributed by atoms with Crippen LogP contribution in [0.15, 0.2) is 0 Å². The Balaban J connectivity index is 2.42. The third-order valence-corrected chi connectivity index (χ3v) is 2.65. The fraction of sp³-hybridized carbons (Fsp3) is 1.00. The van der Waals surface area contributed by atoms with E-state index in [1.54, 1.807) is 0 Å². The first-order valence-electron chi connectivity index (χ1n) is 3.99. The molecule has 0 unspecified atom stereocenters. The van der Waals surface area contributed by atoms with E-state index in [0.29, 0.717) is 11.3 Å². The van der Waals surface area contributed by atoms with Crippen molar-refractivity contribution in [3.05, 3.63) is 0 Å². The van der Waals surface area contributed by atoms with Gasteiger partial charge in [-0.2, -0.15) is 0 Å². The second kappa shape index (κ2) is 2.89. The van der Waals surface area contributed by atoms with Crippen molar-refractivity contribution in [1.29, 1.82) is 0 Å². The van der Waals surface area contributed by atoms with Crippen LogP contribution in [0.5, 0.6) is 0 Å². The highest BCUT2D eigenvalue weighted by atomic mass is 16.5. The number of hydrogen-bond acceptors (Lipinski definition) is 2. The maximum atomic E-state index is 5.51. The number of hydrogen-bond donors (Lipinski definition) is 1. The second-order valence-corrected chi connectivity index (χ2v) is 3.55. The van der Waals surface area contributed by atoms with E-state index in [0.717, 1.165) is 26.2 Å². The molecule has 1 aliphatic heterocycles. The molecule has 0 saturated carbocycles. The lowest BCUT2D eigenvalue weighted by atomic mass is 9.73. The highest BCUT2D eigenvalue weighted by Crippen LogP contribution is 2.38. The SMILES string of the molecule is CC(C)C1(CCN)COC1. The molecule has 10 heavy (non-hydrogen) atoms. The van der Waals surface area contributed by atoms with Gasteiger partial charge in [-0.15, -0.1) is 0 Å². The Morgan fingerprint density at radius 2 is 2.10 bits per heavy atom. The van der Waals surface area contributed by atoms with E-state index < -0.39 is 0 Å². The zero-order chi connectivity index (χ0) is 7.61. The summed E-state index contributed by atoms with van der Waals surface area (Å²) >= 11 is 0. The van der Waals surface area contributed by atoms with E-state index in [4.69, 9.17) is 10.5 Å². The molecule has 0 aliphatic carbocycles. The second-order valence-electron chi connectivity index (χ2n) is 3.55. The van der Waals surface area contributed by atoms with Crippen LogP contribution in [-0.2, 0) is 4.74 Å². The summed E-state index contributed by atoms with van der Waals surface area (Å²) in [6.45, 7) is 7.13. The summed E-state index contributed by atoms with van der Waals surface area (Å²) in [6, 6.07) is 0. The van der Waals surface area contributed by atoms with E-state index in [2.05, 4.69) is 13.8 Å². The van der Waals surface area contributed by atoms with Crippen molar-refractivity contribution in [1.82, 2.24) is 0 Å². The standard InChI is InChI=1S/C8H17NO/c1-7(2)8(3-4-9)5-10-6-8/h7H,3-6,9H2,1-2H3. The van der Waals surface area contributed by atoms with Gasteiger partial charge in [-0.1, -0.05) is 13.8 Å². The predicted molar refractivity (Wildman–Crippen MR) is 41.8 cm³/mol. The van der Waals surface area contributed by atoms with E-state index >= 15 is 0 Å². The summed E-state index contributed by atoms with van der Waals surface area (Å²) in [5.74, 6) is 0.713. The highest BCUT2D eigenvalue weighted by Gasteiger charge is 2.40. The molecule has 60 valence electrons. The highest BCUT2D eigenvalue weighted by molar-refractivity contribution is 4.88. The fourth-order valence-corrected chi connectivity index (χ4v) is 1.42. The molecule has 0 atom stereocenters. The molecule has 0 aromatic carbocycles. The van der Waals surface area contributed by atoms with Gasteiger partial charge in [0.05, 0.1) is 13.2 Å². The van der Waals surface area contributed by atoms with Crippen molar-refractivity contribution in [2.45, 2.75) is 20.3 Å². The quantitative estimate of drug-likeness (QED) is 0.640. The van der Waals surface area contributed by atoms with Gasteiger partial charge in [-0.05, 0) is 18.9 Å². The Labute approximate surface area is 62.7 Å². The molecular formula is C8H17NO. The van der Waals surface area contributed by atoms with Gasteiger partial charge in [0.1, 0.15) is 0 Å². The first-order valence-corrected chi connectivity index (χ1v) is 3.99. The van der Waals surface area contributed by atoms with Crippen molar-refractivity contribution in [3.8, 4) is 0 Å². The zero-order valence-electron chi connectivity index (χ0n) is 6.89. The Bertz CT molecular complexity index is 108. The van der Waals surface area contributed by atoms with Crippen molar-refractivity contribution in [2.24, 2.45) is 17.1 Å². The van der Waals surface area contributed by atoms with Crippen LogP contribution in [0.1, 0.15) is 20.3 Å². The molecule has 1 saturated heterocycles. The van der Waals surface area contributed by atoms with Gasteiger partial charge >= 0.3 is 0 Å². The fourth-order valence-electron chi connectivity index (χ4n) is 1.42. The molecule has 0 spiro atoms. The minimum Gasteiger partial charge on any atom is -0.380 e. The van der Waals surface area contributed by atoms with Crippen LogP contribution >= 0.6 is 0 Å². The van der Waals surface area contributed by atoms with Crippen molar-refractivity contribution in [3.63, 3.8) is 0 Å². The monoisotopic (exact) mass is 143 g/mol. The Hall–Kier alpha value is -0.0800. The van der Waals surface area contributed by atoms with Crippen LogP contribution in [0.4, 0.5) is 0 Å². The van der Waals surface area contributed by atoms with Crippen LogP contribution in [0.3, 0.4) is 0 Å². The lowest BCUT2D eigenvalue weighted by Crippen LogP contribution is -2.47. The van der Waals surface area contributed by atoms with Gasteiger partial charge in [0.15, 0.2) is 0 Å². The normalized spacial score (nSPS) is 22.8. The van der Waals surface area contributed by atoms with Crippen molar-refractivity contribution < 1.29 is 4.74 Å². The van der Waals surface area contributed by atoms with E-state index in [1.165, 1.54) is 0 Å². The predicted octanol–water partition coefficient (Wildman–Crippen LogP) is 1.01. The molecule has 0 aromatic rings. The first kappa shape index (κ1) is 8.02. The first-order chi connectivity index (χ1) is 4.71. The Morgan fingerprint density at radius 1 is 1.50 bits per heavy atom. The minimum absolute atomic E-state index is 0.425. The summed E-state index contributed by atoms with van der Waals surface area (Å²) in [5, 5.41) is 0. The van der Waals surface area contributed by atoms with Crippen LogP contribution in [-0.4, -0.2) is 19.8 Å². The van der Waals surface area contributed by atoms with Crippen molar-refractivity contribution in [2.75, 3.05) is 19.8 Å². The maximum absolute atomic E-state index is 5.51. The lowest BCUT2D eigenvalue weighted by Gasteiger charge is -2.44. The van der Waals surface area contributed by atoms with Crippen LogP contribution in [0.2, 0.25) is 0 Å². The third kappa shape index (κ3) is 1.18. The number of rotatable bonds is 3. The van der Waals surface area contributed by atoms with Gasteiger partial charge in [0.2, 0.25) is 0 Å². The van der Waals surface area contributed by atoms with E-state index in [-0.39, 0.29) is 0 Å². The van der Waals surface area contributed by atoms with Crippen molar-refractivity contribution >= 4 is 0 Å². The molecule has 0 radical (unpaired) electrons. The minimum atomic E-state index is 0.425. The average Bonchev–Trinajstić information content (AvgIpc) is 1.77. The summed E-state index contributed by atoms with van der Waals surface area (Å²) in [6.07, 6.45) is 1.12. The maximum Gasteiger partial charge on any atom is 0.0547 e. The molecule has 2 N–H and O–H groups in total. The molecule has 2 nitrogen and oxygen atoms in total. The van der Waals surface area contributed by atoms with Crippen LogP contribution < -0.4 is 5.73 Å². The molecule has 1 fully saturated rings. The van der Waals surface area contributed by atoms with Gasteiger partial charge in [0, 0.05) is 5.41 Å². The molecule has 0 amide bonds. The molecular weight excluding hydrogens is 126 g/mol. The summed E-state index contributed by atoms with van der Waals surface area (Å²) in [4.78, 5) is 0. The number of nitrogens with two attached hydrogens (primary N) is 1. The molecule has 0 aromatic heterocycles. The van der Waals surface area contributed by atoms with Crippen LogP contribution in [0.25, 0.3) is 0 Å². The third-order valence-electron chi connectivity index (χ3n) is 2.65. The number of ether oxygens (including phenoxy) is 1.